The number of ether oxygens (including phenoxy) is 1. The van der Waals surface area contributed by atoms with Gasteiger partial charge in [-0.2, -0.15) is 0 Å². The number of hydrogen-bond acceptors (Lipinski definition) is 2. The van der Waals surface area contributed by atoms with Crippen molar-refractivity contribution in [3.8, 4) is 5.75 Å². The lowest BCUT2D eigenvalue weighted by Crippen LogP contribution is -2.19. The molecule has 0 unspecified atom stereocenters. The molecule has 0 bridgehead atoms. The van der Waals surface area contributed by atoms with Gasteiger partial charge in [-0.3, -0.25) is 0 Å². The van der Waals surface area contributed by atoms with Crippen molar-refractivity contribution in [3.63, 3.8) is 0 Å². The van der Waals surface area contributed by atoms with Crippen LogP contribution >= 0.6 is 11.6 Å². The van der Waals surface area contributed by atoms with Crippen molar-refractivity contribution in [3.05, 3.63) is 28.8 Å². The Kier molecular flexibility index (Phi) is 5.29. The Morgan fingerprint density at radius 1 is 1.35 bits per heavy atom. The van der Waals surface area contributed by atoms with Crippen LogP contribution < -0.4 is 10.5 Å². The summed E-state index contributed by atoms with van der Waals surface area (Å²) in [5, 5.41) is 0.688. The minimum Gasteiger partial charge on any atom is -0.492 e. The van der Waals surface area contributed by atoms with Gasteiger partial charge in [0.2, 0.25) is 0 Å². The number of benzene rings is 1. The highest BCUT2D eigenvalue weighted by Crippen LogP contribution is 2.30. The first-order valence-corrected chi connectivity index (χ1v) is 6.47. The summed E-state index contributed by atoms with van der Waals surface area (Å²) in [5.74, 6) is 0.759. The van der Waals surface area contributed by atoms with E-state index in [1.54, 1.807) is 0 Å². The molecule has 0 spiro atoms. The zero-order chi connectivity index (χ0) is 12.9. The molecule has 0 aromatic heterocycles. The van der Waals surface area contributed by atoms with Gasteiger partial charge in [0.15, 0.2) is 0 Å². The van der Waals surface area contributed by atoms with E-state index >= 15 is 0 Å². The van der Waals surface area contributed by atoms with E-state index in [1.165, 1.54) is 5.56 Å². The fourth-order valence-electron chi connectivity index (χ4n) is 1.96. The van der Waals surface area contributed by atoms with Crippen molar-refractivity contribution in [1.29, 1.82) is 0 Å². The molecule has 0 aliphatic rings. The van der Waals surface area contributed by atoms with Gasteiger partial charge in [-0.1, -0.05) is 31.5 Å². The Balaban J connectivity index is 2.76. The highest BCUT2D eigenvalue weighted by Gasteiger charge is 2.18. The summed E-state index contributed by atoms with van der Waals surface area (Å²) in [4.78, 5) is 0. The molecule has 0 aliphatic heterocycles. The second kappa shape index (κ2) is 6.27. The van der Waals surface area contributed by atoms with Crippen LogP contribution in [0.3, 0.4) is 0 Å². The van der Waals surface area contributed by atoms with Crippen molar-refractivity contribution >= 4 is 11.6 Å². The van der Waals surface area contributed by atoms with Crippen LogP contribution in [0.5, 0.6) is 5.75 Å². The van der Waals surface area contributed by atoms with Crippen molar-refractivity contribution in [2.24, 2.45) is 11.1 Å². The van der Waals surface area contributed by atoms with Crippen molar-refractivity contribution in [2.45, 2.75) is 33.6 Å². The lowest BCUT2D eigenvalue weighted by molar-refractivity contribution is 0.334. The first-order chi connectivity index (χ1) is 7.98. The Morgan fingerprint density at radius 2 is 2.06 bits per heavy atom. The molecule has 2 nitrogen and oxygen atoms in total. The number of halogens is 1. The van der Waals surface area contributed by atoms with Crippen LogP contribution in [0, 0.1) is 5.41 Å². The van der Waals surface area contributed by atoms with Crippen LogP contribution in [-0.4, -0.2) is 13.2 Å². The first kappa shape index (κ1) is 14.3. The van der Waals surface area contributed by atoms with E-state index in [0.29, 0.717) is 11.6 Å². The van der Waals surface area contributed by atoms with E-state index in [-0.39, 0.29) is 5.41 Å². The average Bonchev–Trinajstić information content (AvgIpc) is 2.21. The van der Waals surface area contributed by atoms with Crippen LogP contribution in [0.25, 0.3) is 0 Å². The SMILES string of the molecule is CCOc1ccc(CC(C)(C)CCN)cc1Cl. The molecular formula is C14H22ClNO. The fourth-order valence-corrected chi connectivity index (χ4v) is 2.22. The van der Waals surface area contributed by atoms with Gasteiger partial charge in [-0.05, 0) is 49.4 Å². The minimum absolute atomic E-state index is 0.214. The normalized spacial score (nSPS) is 11.6. The number of hydrogen-bond donors (Lipinski definition) is 1. The third kappa shape index (κ3) is 4.57. The maximum atomic E-state index is 6.16. The van der Waals surface area contributed by atoms with Gasteiger partial charge >= 0.3 is 0 Å². The van der Waals surface area contributed by atoms with Gasteiger partial charge in [0.25, 0.3) is 0 Å². The Morgan fingerprint density at radius 3 is 2.59 bits per heavy atom. The monoisotopic (exact) mass is 255 g/mol. The third-order valence-corrected chi connectivity index (χ3v) is 3.10. The molecule has 96 valence electrons. The van der Waals surface area contributed by atoms with E-state index < -0.39 is 0 Å². The summed E-state index contributed by atoms with van der Waals surface area (Å²) in [7, 11) is 0. The van der Waals surface area contributed by atoms with Crippen LogP contribution in [0.2, 0.25) is 5.02 Å². The molecule has 3 heteroatoms. The van der Waals surface area contributed by atoms with E-state index in [1.807, 2.05) is 19.1 Å². The molecule has 17 heavy (non-hydrogen) atoms. The summed E-state index contributed by atoms with van der Waals surface area (Å²) in [6.07, 6.45) is 1.99. The number of rotatable bonds is 6. The third-order valence-electron chi connectivity index (χ3n) is 2.80. The largest absolute Gasteiger partial charge is 0.492 e. The molecule has 0 amide bonds. The molecule has 0 atom stereocenters. The molecule has 0 radical (unpaired) electrons. The molecule has 2 N–H and O–H groups in total. The summed E-state index contributed by atoms with van der Waals surface area (Å²) < 4.78 is 5.42. The zero-order valence-electron chi connectivity index (χ0n) is 10.9. The standard InChI is InChI=1S/C14H22ClNO/c1-4-17-13-6-5-11(9-12(13)15)10-14(2,3)7-8-16/h5-6,9H,4,7-8,10,16H2,1-3H3. The number of nitrogens with two attached hydrogens (primary N) is 1. The second-order valence-corrected chi connectivity index (χ2v) is 5.48. The molecule has 1 rings (SSSR count). The van der Waals surface area contributed by atoms with Gasteiger partial charge in [-0.15, -0.1) is 0 Å². The van der Waals surface area contributed by atoms with Crippen LogP contribution in [0.4, 0.5) is 0 Å². The highest BCUT2D eigenvalue weighted by atomic mass is 35.5. The van der Waals surface area contributed by atoms with Crippen molar-refractivity contribution in [2.75, 3.05) is 13.2 Å². The quantitative estimate of drug-likeness (QED) is 0.842. The fraction of sp³-hybridized carbons (Fsp3) is 0.571. The van der Waals surface area contributed by atoms with E-state index in [2.05, 4.69) is 19.9 Å². The van der Waals surface area contributed by atoms with E-state index in [0.717, 1.165) is 25.1 Å². The summed E-state index contributed by atoms with van der Waals surface area (Å²) >= 11 is 6.16. The Labute approximate surface area is 109 Å². The van der Waals surface area contributed by atoms with Gasteiger partial charge in [-0.25, -0.2) is 0 Å². The Bertz CT molecular complexity index is 363. The van der Waals surface area contributed by atoms with Crippen LogP contribution in [0.15, 0.2) is 18.2 Å². The topological polar surface area (TPSA) is 35.2 Å². The van der Waals surface area contributed by atoms with Crippen LogP contribution in [0.1, 0.15) is 32.8 Å². The lowest BCUT2D eigenvalue weighted by Gasteiger charge is -2.24. The van der Waals surface area contributed by atoms with Crippen molar-refractivity contribution < 1.29 is 4.74 Å². The van der Waals surface area contributed by atoms with Gasteiger partial charge in [0, 0.05) is 0 Å². The smallest absolute Gasteiger partial charge is 0.137 e. The van der Waals surface area contributed by atoms with Crippen molar-refractivity contribution in [1.82, 2.24) is 0 Å². The second-order valence-electron chi connectivity index (χ2n) is 5.08. The Hall–Kier alpha value is -0.730. The molecule has 1 aromatic carbocycles. The minimum atomic E-state index is 0.214. The lowest BCUT2D eigenvalue weighted by atomic mass is 9.83. The van der Waals surface area contributed by atoms with E-state index in [9.17, 15) is 0 Å². The summed E-state index contributed by atoms with van der Waals surface area (Å²) in [6.45, 7) is 7.76. The predicted molar refractivity (Wildman–Crippen MR) is 73.8 cm³/mol. The molecule has 0 aliphatic carbocycles. The van der Waals surface area contributed by atoms with E-state index in [4.69, 9.17) is 22.1 Å². The summed E-state index contributed by atoms with van der Waals surface area (Å²) in [6, 6.07) is 6.01. The predicted octanol–water partition coefficient (Wildman–Crippen LogP) is 3.66. The summed E-state index contributed by atoms with van der Waals surface area (Å²) in [5.41, 5.74) is 7.06. The van der Waals surface area contributed by atoms with Gasteiger partial charge in [0.1, 0.15) is 5.75 Å². The molecule has 0 heterocycles. The molecule has 1 aromatic rings. The zero-order valence-corrected chi connectivity index (χ0v) is 11.7. The van der Waals surface area contributed by atoms with Crippen LogP contribution in [-0.2, 0) is 6.42 Å². The molecule has 0 fully saturated rings. The molecule has 0 saturated carbocycles. The maximum Gasteiger partial charge on any atom is 0.137 e. The average molecular weight is 256 g/mol. The first-order valence-electron chi connectivity index (χ1n) is 6.10. The van der Waals surface area contributed by atoms with Gasteiger partial charge in [0.05, 0.1) is 11.6 Å². The maximum absolute atomic E-state index is 6.16. The highest BCUT2D eigenvalue weighted by molar-refractivity contribution is 6.32. The molecular weight excluding hydrogens is 234 g/mol. The molecule has 0 saturated heterocycles. The van der Waals surface area contributed by atoms with Gasteiger partial charge < -0.3 is 10.5 Å².